The molecule has 2 N–H and O–H groups in total. The van der Waals surface area contributed by atoms with Gasteiger partial charge >= 0.3 is 0 Å². The lowest BCUT2D eigenvalue weighted by atomic mass is 10.1. The lowest BCUT2D eigenvalue weighted by Gasteiger charge is -2.07. The van der Waals surface area contributed by atoms with Crippen LogP contribution in [0.5, 0.6) is 0 Å². The lowest BCUT2D eigenvalue weighted by Crippen LogP contribution is -2.02. The van der Waals surface area contributed by atoms with Gasteiger partial charge < -0.3 is 10.5 Å². The summed E-state index contributed by atoms with van der Waals surface area (Å²) in [5.41, 5.74) is 6.33. The zero-order valence-corrected chi connectivity index (χ0v) is 12.0. The van der Waals surface area contributed by atoms with Gasteiger partial charge in [0.25, 0.3) is 0 Å². The first-order valence-corrected chi connectivity index (χ1v) is 7.21. The first-order valence-electron chi connectivity index (χ1n) is 5.85. The molecule has 0 fully saturated rings. The number of rotatable bonds is 7. The summed E-state index contributed by atoms with van der Waals surface area (Å²) in [6, 6.07) is 5.60. The van der Waals surface area contributed by atoms with Crippen LogP contribution in [-0.4, -0.2) is 19.0 Å². The second kappa shape index (κ2) is 7.85. The highest BCUT2D eigenvalue weighted by Gasteiger charge is 2.01. The van der Waals surface area contributed by atoms with Crippen LogP contribution in [-0.2, 0) is 4.74 Å². The molecule has 96 valence electrons. The minimum absolute atomic E-state index is 0.701. The molecule has 2 nitrogen and oxygen atoms in total. The Morgan fingerprint density at radius 3 is 2.76 bits per heavy atom. The fourth-order valence-corrected chi connectivity index (χ4v) is 2.40. The molecule has 0 saturated carbocycles. The lowest BCUT2D eigenvalue weighted by molar-refractivity contribution is 0.138. The molecular weight excluding hydrogens is 254 g/mol. The Labute approximate surface area is 113 Å². The number of thioether (sulfide) groups is 1. The van der Waals surface area contributed by atoms with E-state index < -0.39 is 0 Å². The van der Waals surface area contributed by atoms with Crippen LogP contribution in [0.4, 0.5) is 5.69 Å². The summed E-state index contributed by atoms with van der Waals surface area (Å²) < 4.78 is 5.54. The molecule has 0 bridgehead atoms. The van der Waals surface area contributed by atoms with Crippen molar-refractivity contribution in [1.29, 1.82) is 0 Å². The highest BCUT2D eigenvalue weighted by molar-refractivity contribution is 7.99. The molecule has 0 heterocycles. The zero-order chi connectivity index (χ0) is 12.7. The maximum Gasteiger partial charge on any atom is 0.0562 e. The monoisotopic (exact) mass is 273 g/mol. The third-order valence-electron chi connectivity index (χ3n) is 2.28. The molecule has 0 aliphatic carbocycles. The Hall–Kier alpha value is -0.380. The number of ether oxygens (including phenoxy) is 1. The number of halogens is 1. The molecule has 0 spiro atoms. The maximum atomic E-state index is 6.07. The second-order valence-electron chi connectivity index (χ2n) is 4.33. The van der Waals surface area contributed by atoms with E-state index in [0.29, 0.717) is 11.6 Å². The molecule has 1 aromatic rings. The van der Waals surface area contributed by atoms with Crippen LogP contribution >= 0.6 is 23.4 Å². The van der Waals surface area contributed by atoms with Crippen molar-refractivity contribution in [3.8, 4) is 0 Å². The maximum absolute atomic E-state index is 6.07. The van der Waals surface area contributed by atoms with Crippen molar-refractivity contribution in [2.75, 3.05) is 24.7 Å². The molecule has 0 amide bonds. The molecular formula is C13H20ClNOS. The van der Waals surface area contributed by atoms with Gasteiger partial charge in [0.15, 0.2) is 0 Å². The molecule has 4 heteroatoms. The number of hydrogen-bond acceptors (Lipinski definition) is 3. The van der Waals surface area contributed by atoms with Gasteiger partial charge in [-0.25, -0.2) is 0 Å². The van der Waals surface area contributed by atoms with Crippen molar-refractivity contribution < 1.29 is 4.74 Å². The van der Waals surface area contributed by atoms with Crippen LogP contribution in [0, 0.1) is 5.92 Å². The van der Waals surface area contributed by atoms with Crippen molar-refractivity contribution in [1.82, 2.24) is 0 Å². The van der Waals surface area contributed by atoms with E-state index in [0.717, 1.165) is 35.3 Å². The van der Waals surface area contributed by atoms with E-state index in [-0.39, 0.29) is 0 Å². The minimum atomic E-state index is 0.701. The van der Waals surface area contributed by atoms with E-state index in [4.69, 9.17) is 22.1 Å². The van der Waals surface area contributed by atoms with E-state index in [9.17, 15) is 0 Å². The molecule has 0 radical (unpaired) electrons. The Morgan fingerprint density at radius 1 is 1.35 bits per heavy atom. The Balaban J connectivity index is 2.18. The first kappa shape index (κ1) is 14.7. The number of nitrogens with two attached hydrogens (primary N) is 1. The van der Waals surface area contributed by atoms with Gasteiger partial charge in [-0.3, -0.25) is 0 Å². The third-order valence-corrected chi connectivity index (χ3v) is 3.74. The Kier molecular flexibility index (Phi) is 6.78. The second-order valence-corrected chi connectivity index (χ2v) is 5.88. The number of nitrogen functional groups attached to an aromatic ring is 1. The Morgan fingerprint density at radius 2 is 2.12 bits per heavy atom. The summed E-state index contributed by atoms with van der Waals surface area (Å²) in [5, 5.41) is 0.720. The van der Waals surface area contributed by atoms with Crippen LogP contribution in [0.25, 0.3) is 0 Å². The summed E-state index contributed by atoms with van der Waals surface area (Å²) in [6.45, 7) is 6.00. The van der Waals surface area contributed by atoms with Gasteiger partial charge in [0.1, 0.15) is 0 Å². The highest BCUT2D eigenvalue weighted by Crippen LogP contribution is 2.28. The van der Waals surface area contributed by atoms with Crippen molar-refractivity contribution in [3.05, 3.63) is 23.2 Å². The van der Waals surface area contributed by atoms with E-state index in [2.05, 4.69) is 13.8 Å². The van der Waals surface area contributed by atoms with E-state index >= 15 is 0 Å². The quantitative estimate of drug-likeness (QED) is 0.462. The zero-order valence-electron chi connectivity index (χ0n) is 10.4. The van der Waals surface area contributed by atoms with Crippen LogP contribution in [0.3, 0.4) is 0 Å². The van der Waals surface area contributed by atoms with Crippen LogP contribution in [0.1, 0.15) is 20.3 Å². The fraction of sp³-hybridized carbons (Fsp3) is 0.538. The normalized spacial score (nSPS) is 11.1. The topological polar surface area (TPSA) is 35.2 Å². The van der Waals surface area contributed by atoms with E-state index in [1.807, 2.05) is 12.1 Å². The molecule has 1 aromatic carbocycles. The van der Waals surface area contributed by atoms with Crippen molar-refractivity contribution in [3.63, 3.8) is 0 Å². The summed E-state index contributed by atoms with van der Waals surface area (Å²) in [6.07, 6.45) is 1.12. The predicted octanol–water partition coefficient (Wildman–Crippen LogP) is 4.08. The molecule has 17 heavy (non-hydrogen) atoms. The number of hydrogen-bond donors (Lipinski definition) is 1. The summed E-state index contributed by atoms with van der Waals surface area (Å²) in [7, 11) is 0. The van der Waals surface area contributed by atoms with Gasteiger partial charge in [-0.15, -0.1) is 11.8 Å². The standard InChI is InChI=1S/C13H20ClNOS/c1-10(2)5-6-16-7-8-17-13-4-3-11(15)9-12(13)14/h3-4,9-10H,5-8,15H2,1-2H3. The average molecular weight is 274 g/mol. The molecule has 0 aliphatic heterocycles. The molecule has 0 unspecified atom stereocenters. The number of benzene rings is 1. The smallest absolute Gasteiger partial charge is 0.0562 e. The predicted molar refractivity (Wildman–Crippen MR) is 76.9 cm³/mol. The molecule has 0 aromatic heterocycles. The van der Waals surface area contributed by atoms with Gasteiger partial charge in [-0.05, 0) is 30.5 Å². The van der Waals surface area contributed by atoms with Gasteiger partial charge in [0.05, 0.1) is 11.6 Å². The fourth-order valence-electron chi connectivity index (χ4n) is 1.27. The summed E-state index contributed by atoms with van der Waals surface area (Å²) >= 11 is 7.77. The summed E-state index contributed by atoms with van der Waals surface area (Å²) in [5.74, 6) is 1.62. The highest BCUT2D eigenvalue weighted by atomic mass is 35.5. The largest absolute Gasteiger partial charge is 0.399 e. The van der Waals surface area contributed by atoms with Gasteiger partial charge in [-0.1, -0.05) is 25.4 Å². The van der Waals surface area contributed by atoms with Crippen molar-refractivity contribution in [2.45, 2.75) is 25.2 Å². The van der Waals surface area contributed by atoms with Gasteiger partial charge in [0.2, 0.25) is 0 Å². The molecule has 0 atom stereocenters. The van der Waals surface area contributed by atoms with E-state index in [1.165, 1.54) is 0 Å². The van der Waals surface area contributed by atoms with Crippen LogP contribution in [0.15, 0.2) is 23.1 Å². The molecule has 0 aliphatic rings. The number of anilines is 1. The van der Waals surface area contributed by atoms with E-state index in [1.54, 1.807) is 17.8 Å². The average Bonchev–Trinajstić information content (AvgIpc) is 2.25. The Bertz CT molecular complexity index is 344. The SMILES string of the molecule is CC(C)CCOCCSc1ccc(N)cc1Cl. The minimum Gasteiger partial charge on any atom is -0.399 e. The first-order chi connectivity index (χ1) is 8.09. The third kappa shape index (κ3) is 6.20. The van der Waals surface area contributed by atoms with Crippen molar-refractivity contribution >= 4 is 29.1 Å². The molecule has 1 rings (SSSR count). The summed E-state index contributed by atoms with van der Waals surface area (Å²) in [4.78, 5) is 1.06. The van der Waals surface area contributed by atoms with Crippen LogP contribution < -0.4 is 5.73 Å². The van der Waals surface area contributed by atoms with Gasteiger partial charge in [0, 0.05) is 22.9 Å². The van der Waals surface area contributed by atoms with Crippen molar-refractivity contribution in [2.24, 2.45) is 5.92 Å². The molecule has 0 saturated heterocycles. The van der Waals surface area contributed by atoms with Gasteiger partial charge in [-0.2, -0.15) is 0 Å². The van der Waals surface area contributed by atoms with Crippen LogP contribution in [0.2, 0.25) is 5.02 Å².